The van der Waals surface area contributed by atoms with E-state index in [1.54, 1.807) is 23.1 Å². The highest BCUT2D eigenvalue weighted by molar-refractivity contribution is 5.99. The quantitative estimate of drug-likeness (QED) is 0.914. The van der Waals surface area contributed by atoms with Crippen molar-refractivity contribution in [3.8, 4) is 5.75 Å². The lowest BCUT2D eigenvalue weighted by Gasteiger charge is -2.24. The molecule has 0 bridgehead atoms. The summed E-state index contributed by atoms with van der Waals surface area (Å²) < 4.78 is 32.4. The van der Waals surface area contributed by atoms with Crippen molar-refractivity contribution in [3.05, 3.63) is 59.2 Å². The van der Waals surface area contributed by atoms with Crippen LogP contribution >= 0.6 is 0 Å². The number of anilines is 1. The number of nitrogens with one attached hydrogen (secondary N) is 1. The van der Waals surface area contributed by atoms with Gasteiger partial charge in [0.1, 0.15) is 17.4 Å². The van der Waals surface area contributed by atoms with Crippen LogP contribution in [0.3, 0.4) is 0 Å². The fraction of sp³-hybridized carbons (Fsp3) is 0.263. The molecule has 1 heterocycles. The molecule has 0 aromatic heterocycles. The predicted molar refractivity (Wildman–Crippen MR) is 89.8 cm³/mol. The van der Waals surface area contributed by atoms with Crippen LogP contribution in [0.1, 0.15) is 28.8 Å². The van der Waals surface area contributed by atoms with Crippen LogP contribution in [0.4, 0.5) is 14.5 Å². The molecule has 134 valence electrons. The summed E-state index contributed by atoms with van der Waals surface area (Å²) in [6.45, 7) is -0.0257. The standard InChI is InChI=1S/C19H16F2N2O3/c20-13-3-1-12(15(21)8-13)9-23(14-4-5-14)19(25)11-2-6-16-17(7-11)26-10-18(24)22-16/h1-3,6-8,14H,4-5,9-10H2,(H,22,24). The first-order chi connectivity index (χ1) is 12.5. The highest BCUT2D eigenvalue weighted by Gasteiger charge is 2.34. The third-order valence-electron chi connectivity index (χ3n) is 4.47. The maximum absolute atomic E-state index is 14.0. The number of amides is 2. The van der Waals surface area contributed by atoms with Crippen molar-refractivity contribution in [1.29, 1.82) is 0 Å². The van der Waals surface area contributed by atoms with E-state index in [2.05, 4.69) is 5.32 Å². The van der Waals surface area contributed by atoms with Crippen molar-refractivity contribution in [2.24, 2.45) is 0 Å². The molecule has 5 nitrogen and oxygen atoms in total. The number of rotatable bonds is 4. The molecule has 1 fully saturated rings. The molecule has 2 aromatic carbocycles. The van der Waals surface area contributed by atoms with E-state index in [9.17, 15) is 18.4 Å². The van der Waals surface area contributed by atoms with Gasteiger partial charge < -0.3 is 15.0 Å². The second-order valence-corrected chi connectivity index (χ2v) is 6.45. The van der Waals surface area contributed by atoms with Gasteiger partial charge in [-0.3, -0.25) is 9.59 Å². The third kappa shape index (κ3) is 3.24. The number of hydrogen-bond donors (Lipinski definition) is 1. The van der Waals surface area contributed by atoms with Gasteiger partial charge in [-0.1, -0.05) is 6.07 Å². The summed E-state index contributed by atoms with van der Waals surface area (Å²) in [5.74, 6) is -1.38. The first kappa shape index (κ1) is 16.5. The highest BCUT2D eigenvalue weighted by atomic mass is 19.1. The van der Waals surface area contributed by atoms with Crippen molar-refractivity contribution >= 4 is 17.5 Å². The van der Waals surface area contributed by atoms with E-state index in [1.807, 2.05) is 0 Å². The van der Waals surface area contributed by atoms with Gasteiger partial charge in [-0.25, -0.2) is 8.78 Å². The Morgan fingerprint density at radius 3 is 2.73 bits per heavy atom. The molecule has 1 saturated carbocycles. The fourth-order valence-corrected chi connectivity index (χ4v) is 2.96. The molecule has 0 unspecified atom stereocenters. The van der Waals surface area contributed by atoms with Crippen LogP contribution < -0.4 is 10.1 Å². The first-order valence-electron chi connectivity index (χ1n) is 8.33. The summed E-state index contributed by atoms with van der Waals surface area (Å²) in [5, 5.41) is 2.67. The number of carbonyl (C=O) groups excluding carboxylic acids is 2. The van der Waals surface area contributed by atoms with Crippen LogP contribution in [-0.2, 0) is 11.3 Å². The lowest BCUT2D eigenvalue weighted by Crippen LogP contribution is -2.33. The average molecular weight is 358 g/mol. The van der Waals surface area contributed by atoms with Gasteiger partial charge in [0.2, 0.25) is 0 Å². The molecule has 26 heavy (non-hydrogen) atoms. The van der Waals surface area contributed by atoms with E-state index in [4.69, 9.17) is 4.74 Å². The van der Waals surface area contributed by atoms with E-state index in [-0.39, 0.29) is 36.6 Å². The smallest absolute Gasteiger partial charge is 0.262 e. The van der Waals surface area contributed by atoms with Crippen molar-refractivity contribution in [2.75, 3.05) is 11.9 Å². The van der Waals surface area contributed by atoms with Gasteiger partial charge >= 0.3 is 0 Å². The Labute approximate surface area is 148 Å². The molecule has 7 heteroatoms. The van der Waals surface area contributed by atoms with E-state index >= 15 is 0 Å². The number of ether oxygens (including phenoxy) is 1. The Hall–Kier alpha value is -2.96. The van der Waals surface area contributed by atoms with Crippen LogP contribution in [0.25, 0.3) is 0 Å². The zero-order valence-corrected chi connectivity index (χ0v) is 13.8. The van der Waals surface area contributed by atoms with Gasteiger partial charge in [-0.15, -0.1) is 0 Å². The number of hydrogen-bond acceptors (Lipinski definition) is 3. The molecule has 0 spiro atoms. The third-order valence-corrected chi connectivity index (χ3v) is 4.47. The number of carbonyl (C=O) groups is 2. The monoisotopic (exact) mass is 358 g/mol. The van der Waals surface area contributed by atoms with E-state index in [1.165, 1.54) is 12.1 Å². The minimum absolute atomic E-state index is 0.0450. The van der Waals surface area contributed by atoms with E-state index in [0.717, 1.165) is 18.9 Å². The Balaban J connectivity index is 1.59. The van der Waals surface area contributed by atoms with Gasteiger partial charge in [0.05, 0.1) is 5.69 Å². The number of benzene rings is 2. The summed E-state index contributed by atoms with van der Waals surface area (Å²) in [4.78, 5) is 25.9. The van der Waals surface area contributed by atoms with Crippen molar-refractivity contribution in [2.45, 2.75) is 25.4 Å². The van der Waals surface area contributed by atoms with E-state index in [0.29, 0.717) is 17.0 Å². The van der Waals surface area contributed by atoms with E-state index < -0.39 is 11.6 Å². The maximum Gasteiger partial charge on any atom is 0.262 e. The Bertz CT molecular complexity index is 896. The van der Waals surface area contributed by atoms with Gasteiger partial charge in [0, 0.05) is 29.8 Å². The van der Waals surface area contributed by atoms with Gasteiger partial charge in [-0.2, -0.15) is 0 Å². The average Bonchev–Trinajstić information content (AvgIpc) is 3.45. The number of fused-ring (bicyclic) bond motifs is 1. The van der Waals surface area contributed by atoms with Gasteiger partial charge in [-0.05, 0) is 37.1 Å². The minimum atomic E-state index is -0.667. The molecule has 2 aromatic rings. The zero-order chi connectivity index (χ0) is 18.3. The van der Waals surface area contributed by atoms with Gasteiger partial charge in [0.15, 0.2) is 6.61 Å². The maximum atomic E-state index is 14.0. The minimum Gasteiger partial charge on any atom is -0.482 e. The summed E-state index contributed by atoms with van der Waals surface area (Å²) in [6.07, 6.45) is 1.71. The van der Waals surface area contributed by atoms with Crippen molar-refractivity contribution in [3.63, 3.8) is 0 Å². The number of nitrogens with zero attached hydrogens (tertiary/aromatic N) is 1. The number of halogens is 2. The Morgan fingerprint density at radius 1 is 1.19 bits per heavy atom. The lowest BCUT2D eigenvalue weighted by atomic mass is 10.1. The second kappa shape index (κ2) is 6.40. The van der Waals surface area contributed by atoms with Crippen LogP contribution in [0.2, 0.25) is 0 Å². The molecule has 1 N–H and O–H groups in total. The molecule has 2 aliphatic rings. The fourth-order valence-electron chi connectivity index (χ4n) is 2.96. The molecule has 1 aliphatic heterocycles. The summed E-state index contributed by atoms with van der Waals surface area (Å²) in [7, 11) is 0. The molecular formula is C19H16F2N2O3. The van der Waals surface area contributed by atoms with Gasteiger partial charge in [0.25, 0.3) is 11.8 Å². The van der Waals surface area contributed by atoms with Crippen LogP contribution in [0.5, 0.6) is 5.75 Å². The molecule has 0 atom stereocenters. The van der Waals surface area contributed by atoms with Crippen molar-refractivity contribution in [1.82, 2.24) is 4.90 Å². The predicted octanol–water partition coefficient (Wildman–Crippen LogP) is 3.10. The van der Waals surface area contributed by atoms with Crippen LogP contribution in [0, 0.1) is 11.6 Å². The SMILES string of the molecule is O=C1COc2cc(C(=O)N(Cc3ccc(F)cc3F)C3CC3)ccc2N1. The lowest BCUT2D eigenvalue weighted by molar-refractivity contribution is -0.118. The summed E-state index contributed by atoms with van der Waals surface area (Å²) >= 11 is 0. The summed E-state index contributed by atoms with van der Waals surface area (Å²) in [5.41, 5.74) is 1.18. The molecule has 1 aliphatic carbocycles. The largest absolute Gasteiger partial charge is 0.482 e. The zero-order valence-electron chi connectivity index (χ0n) is 13.8. The van der Waals surface area contributed by atoms with Crippen molar-refractivity contribution < 1.29 is 23.1 Å². The molecular weight excluding hydrogens is 342 g/mol. The molecule has 0 saturated heterocycles. The highest BCUT2D eigenvalue weighted by Crippen LogP contribution is 2.33. The molecule has 4 rings (SSSR count). The molecule has 2 amide bonds. The normalized spacial score (nSPS) is 15.7. The first-order valence-corrected chi connectivity index (χ1v) is 8.33. The Morgan fingerprint density at radius 2 is 2.00 bits per heavy atom. The van der Waals surface area contributed by atoms with Crippen LogP contribution in [-0.4, -0.2) is 29.4 Å². The molecule has 0 radical (unpaired) electrons. The summed E-state index contributed by atoms with van der Waals surface area (Å²) in [6, 6.07) is 8.20. The van der Waals surface area contributed by atoms with Crippen LogP contribution in [0.15, 0.2) is 36.4 Å². The topological polar surface area (TPSA) is 58.6 Å². The second-order valence-electron chi connectivity index (χ2n) is 6.45. The Kier molecular flexibility index (Phi) is 4.06.